The molecule has 0 saturated carbocycles. The Morgan fingerprint density at radius 2 is 2.00 bits per heavy atom. The summed E-state index contributed by atoms with van der Waals surface area (Å²) in [5.41, 5.74) is 0.796. The highest BCUT2D eigenvalue weighted by Crippen LogP contribution is 2.10. The second-order valence-electron chi connectivity index (χ2n) is 4.36. The van der Waals surface area contributed by atoms with E-state index in [4.69, 9.17) is 17.0 Å². The van der Waals surface area contributed by atoms with Crippen LogP contribution in [-0.2, 0) is 9.53 Å². The van der Waals surface area contributed by atoms with Crippen molar-refractivity contribution in [3.63, 3.8) is 0 Å². The maximum Gasteiger partial charge on any atom is 0.234 e. The van der Waals surface area contributed by atoms with E-state index in [9.17, 15) is 4.79 Å². The van der Waals surface area contributed by atoms with Gasteiger partial charge in [0.15, 0.2) is 0 Å². The minimum atomic E-state index is -0.0712. The van der Waals surface area contributed by atoms with E-state index in [-0.39, 0.29) is 11.7 Å². The quantitative estimate of drug-likeness (QED) is 0.575. The average Bonchev–Trinajstić information content (AvgIpc) is 2.46. The Kier molecular flexibility index (Phi) is 9.07. The molecule has 0 aliphatic rings. The minimum absolute atomic E-state index is 0.0712. The number of hydrogen-bond acceptors (Lipinski definition) is 4. The fourth-order valence-electron chi connectivity index (χ4n) is 1.57. The lowest BCUT2D eigenvalue weighted by Gasteiger charge is -2.07. The molecule has 3 nitrogen and oxygen atoms in total. The van der Waals surface area contributed by atoms with Gasteiger partial charge in [-0.3, -0.25) is 4.79 Å². The number of thiocarbonyl (C=S) groups is 1. The van der Waals surface area contributed by atoms with Gasteiger partial charge in [-0.2, -0.15) is 0 Å². The number of ether oxygens (including phenoxy) is 1. The normalized spacial score (nSPS) is 10.1. The van der Waals surface area contributed by atoms with Gasteiger partial charge in [0.2, 0.25) is 10.3 Å². The number of para-hydroxylation sites is 1. The topological polar surface area (TPSA) is 38.3 Å². The number of nitrogens with one attached hydrogen (secondary N) is 1. The molecule has 1 aromatic rings. The van der Waals surface area contributed by atoms with Crippen LogP contribution in [0.1, 0.15) is 32.6 Å². The van der Waals surface area contributed by atoms with E-state index in [1.165, 1.54) is 24.6 Å². The van der Waals surface area contributed by atoms with Gasteiger partial charge in [-0.1, -0.05) is 56.1 Å². The zero-order valence-electron chi connectivity index (χ0n) is 11.8. The molecule has 0 bridgehead atoms. The summed E-state index contributed by atoms with van der Waals surface area (Å²) in [6.07, 6.45) is 4.62. The lowest BCUT2D eigenvalue weighted by atomic mass is 10.2. The molecular weight excluding hydrogens is 290 g/mol. The van der Waals surface area contributed by atoms with Crippen LogP contribution in [0, 0.1) is 0 Å². The SMILES string of the molecule is CCCCCCOC(=S)SCC(=O)Nc1ccccc1. The summed E-state index contributed by atoms with van der Waals surface area (Å²) in [5, 5.41) is 2.81. The number of amides is 1. The van der Waals surface area contributed by atoms with Gasteiger partial charge in [0.25, 0.3) is 0 Å². The standard InChI is InChI=1S/C15H21NO2S2/c1-2-3-4-8-11-18-15(19)20-12-14(17)16-13-9-6-5-7-10-13/h5-7,9-10H,2-4,8,11-12H2,1H3,(H,16,17). The predicted octanol–water partition coefficient (Wildman–Crippen LogP) is 4.24. The third-order valence-corrected chi connectivity index (χ3v) is 3.83. The number of unbranched alkanes of at least 4 members (excludes halogenated alkanes) is 3. The summed E-state index contributed by atoms with van der Waals surface area (Å²) in [5.74, 6) is 0.209. The Labute approximate surface area is 130 Å². The van der Waals surface area contributed by atoms with Gasteiger partial charge >= 0.3 is 0 Å². The maximum absolute atomic E-state index is 11.7. The Balaban J connectivity index is 2.10. The second-order valence-corrected chi connectivity index (χ2v) is 5.94. The van der Waals surface area contributed by atoms with Gasteiger partial charge in [0, 0.05) is 5.69 Å². The zero-order chi connectivity index (χ0) is 14.6. The second kappa shape index (κ2) is 10.7. The van der Waals surface area contributed by atoms with Crippen LogP contribution in [0.3, 0.4) is 0 Å². The van der Waals surface area contributed by atoms with E-state index in [0.29, 0.717) is 11.0 Å². The van der Waals surface area contributed by atoms with Crippen LogP contribution in [0.15, 0.2) is 30.3 Å². The van der Waals surface area contributed by atoms with Crippen LogP contribution < -0.4 is 5.32 Å². The molecule has 0 radical (unpaired) electrons. The van der Waals surface area contributed by atoms with Crippen LogP contribution in [0.5, 0.6) is 0 Å². The van der Waals surface area contributed by atoms with Crippen molar-refractivity contribution in [3.8, 4) is 0 Å². The first-order chi connectivity index (χ1) is 9.72. The molecule has 1 aromatic carbocycles. The van der Waals surface area contributed by atoms with Gasteiger partial charge in [-0.05, 0) is 30.8 Å². The maximum atomic E-state index is 11.7. The fourth-order valence-corrected chi connectivity index (χ4v) is 2.32. The third kappa shape index (κ3) is 8.17. The smallest absolute Gasteiger partial charge is 0.234 e. The van der Waals surface area contributed by atoms with Crippen LogP contribution >= 0.6 is 24.0 Å². The van der Waals surface area contributed by atoms with E-state index in [0.717, 1.165) is 18.5 Å². The molecule has 1 N–H and O–H groups in total. The van der Waals surface area contributed by atoms with Crippen LogP contribution in [0.2, 0.25) is 0 Å². The van der Waals surface area contributed by atoms with Crippen molar-refractivity contribution in [2.24, 2.45) is 0 Å². The number of benzene rings is 1. The first kappa shape index (κ1) is 17.0. The molecule has 0 aromatic heterocycles. The van der Waals surface area contributed by atoms with E-state index < -0.39 is 0 Å². The van der Waals surface area contributed by atoms with E-state index >= 15 is 0 Å². The van der Waals surface area contributed by atoms with Crippen LogP contribution in [-0.4, -0.2) is 22.6 Å². The van der Waals surface area contributed by atoms with Crippen molar-refractivity contribution >= 4 is 40.0 Å². The molecule has 0 saturated heterocycles. The molecule has 0 fully saturated rings. The zero-order valence-corrected chi connectivity index (χ0v) is 13.4. The summed E-state index contributed by atoms with van der Waals surface area (Å²) < 4.78 is 5.85. The van der Waals surface area contributed by atoms with Crippen molar-refractivity contribution < 1.29 is 9.53 Å². The number of anilines is 1. The summed E-state index contributed by atoms with van der Waals surface area (Å²) in [6.45, 7) is 2.82. The molecule has 0 spiro atoms. The monoisotopic (exact) mass is 311 g/mol. The number of hydrogen-bond donors (Lipinski definition) is 1. The number of carbonyl (C=O) groups excluding carboxylic acids is 1. The molecule has 0 atom stereocenters. The Morgan fingerprint density at radius 3 is 2.70 bits per heavy atom. The summed E-state index contributed by atoms with van der Waals surface area (Å²) in [7, 11) is 0. The molecule has 1 amide bonds. The Morgan fingerprint density at radius 1 is 1.25 bits per heavy atom. The van der Waals surface area contributed by atoms with Crippen molar-refractivity contribution in [1.29, 1.82) is 0 Å². The Bertz CT molecular complexity index is 410. The first-order valence-electron chi connectivity index (χ1n) is 6.87. The van der Waals surface area contributed by atoms with Crippen molar-refractivity contribution in [1.82, 2.24) is 0 Å². The van der Waals surface area contributed by atoms with Crippen LogP contribution in [0.25, 0.3) is 0 Å². The average molecular weight is 311 g/mol. The fraction of sp³-hybridized carbons (Fsp3) is 0.467. The number of thioether (sulfide) groups is 1. The molecule has 1 rings (SSSR count). The first-order valence-corrected chi connectivity index (χ1v) is 8.26. The molecular formula is C15H21NO2S2. The highest BCUT2D eigenvalue weighted by Gasteiger charge is 2.06. The summed E-state index contributed by atoms with van der Waals surface area (Å²) in [6, 6.07) is 9.38. The molecule has 0 unspecified atom stereocenters. The lowest BCUT2D eigenvalue weighted by Crippen LogP contribution is -2.15. The lowest BCUT2D eigenvalue weighted by molar-refractivity contribution is -0.113. The molecule has 110 valence electrons. The van der Waals surface area contributed by atoms with E-state index in [1.807, 2.05) is 30.3 Å². The third-order valence-electron chi connectivity index (χ3n) is 2.60. The van der Waals surface area contributed by atoms with Gasteiger partial charge in [0.05, 0.1) is 12.4 Å². The van der Waals surface area contributed by atoms with Crippen molar-refractivity contribution in [2.45, 2.75) is 32.6 Å². The molecule has 0 heterocycles. The highest BCUT2D eigenvalue weighted by atomic mass is 32.2. The Hall–Kier alpha value is -1.07. The molecule has 5 heteroatoms. The largest absolute Gasteiger partial charge is 0.479 e. The van der Waals surface area contributed by atoms with Gasteiger partial charge in [0.1, 0.15) is 0 Å². The summed E-state index contributed by atoms with van der Waals surface area (Å²) in [4.78, 5) is 11.7. The van der Waals surface area contributed by atoms with E-state index in [1.54, 1.807) is 0 Å². The predicted molar refractivity (Wildman–Crippen MR) is 90.2 cm³/mol. The van der Waals surface area contributed by atoms with Crippen LogP contribution in [0.4, 0.5) is 5.69 Å². The summed E-state index contributed by atoms with van der Waals surface area (Å²) >= 11 is 6.34. The number of rotatable bonds is 8. The van der Waals surface area contributed by atoms with Gasteiger partial charge in [-0.25, -0.2) is 0 Å². The van der Waals surface area contributed by atoms with Crippen molar-refractivity contribution in [3.05, 3.63) is 30.3 Å². The van der Waals surface area contributed by atoms with Gasteiger partial charge < -0.3 is 10.1 Å². The number of carbonyl (C=O) groups is 1. The van der Waals surface area contributed by atoms with Gasteiger partial charge in [-0.15, -0.1) is 0 Å². The van der Waals surface area contributed by atoms with E-state index in [2.05, 4.69) is 12.2 Å². The molecule has 0 aliphatic heterocycles. The van der Waals surface area contributed by atoms with Crippen molar-refractivity contribution in [2.75, 3.05) is 17.7 Å². The minimum Gasteiger partial charge on any atom is -0.479 e. The molecule has 0 aliphatic carbocycles. The highest BCUT2D eigenvalue weighted by molar-refractivity contribution is 8.23. The molecule has 20 heavy (non-hydrogen) atoms.